The van der Waals surface area contributed by atoms with Gasteiger partial charge in [-0.05, 0) is 74.7 Å². The van der Waals surface area contributed by atoms with Crippen molar-refractivity contribution in [3.05, 3.63) is 86.9 Å². The first-order valence-corrected chi connectivity index (χ1v) is 16.4. The minimum Gasteiger partial charge on any atom is -0.495 e. The molecular formula is C31H36Cl3N3O5S. The number of benzene rings is 3. The van der Waals surface area contributed by atoms with E-state index in [2.05, 4.69) is 5.32 Å². The molecule has 0 aliphatic carbocycles. The van der Waals surface area contributed by atoms with Crippen molar-refractivity contribution in [1.29, 1.82) is 0 Å². The number of methoxy groups -OCH3 is 1. The van der Waals surface area contributed by atoms with E-state index in [0.29, 0.717) is 27.8 Å². The quantitative estimate of drug-likeness (QED) is 0.214. The summed E-state index contributed by atoms with van der Waals surface area (Å²) in [4.78, 5) is 29.0. The molecule has 0 saturated carbocycles. The van der Waals surface area contributed by atoms with Crippen LogP contribution in [0.25, 0.3) is 0 Å². The van der Waals surface area contributed by atoms with Gasteiger partial charge in [0.15, 0.2) is 0 Å². The topological polar surface area (TPSA) is 96.0 Å². The van der Waals surface area contributed by atoms with Gasteiger partial charge in [0.2, 0.25) is 11.8 Å². The molecule has 2 amide bonds. The zero-order valence-electron chi connectivity index (χ0n) is 24.7. The lowest BCUT2D eigenvalue weighted by Crippen LogP contribution is -2.53. The monoisotopic (exact) mass is 667 g/mol. The maximum atomic E-state index is 14.2. The van der Waals surface area contributed by atoms with Crippen molar-refractivity contribution in [2.24, 2.45) is 0 Å². The maximum Gasteiger partial charge on any atom is 0.264 e. The first-order valence-electron chi connectivity index (χ1n) is 13.8. The molecule has 0 heterocycles. The minimum absolute atomic E-state index is 0.00423. The van der Waals surface area contributed by atoms with Gasteiger partial charge in [0.1, 0.15) is 18.3 Å². The SMILES string of the molecule is CC[C@H](C(=O)N[C@@H](C)CC)N(Cc1ccc(Cl)c(Cl)c1)C(=O)CN(c1ccc(OC)c(Cl)c1)S(=O)(=O)c1ccc(C)cc1. The van der Waals surface area contributed by atoms with Crippen LogP contribution in [-0.2, 0) is 26.2 Å². The smallest absolute Gasteiger partial charge is 0.264 e. The Morgan fingerprint density at radius 1 is 0.907 bits per heavy atom. The predicted molar refractivity (Wildman–Crippen MR) is 173 cm³/mol. The van der Waals surface area contributed by atoms with E-state index in [1.54, 1.807) is 37.3 Å². The average Bonchev–Trinajstić information content (AvgIpc) is 2.97. The van der Waals surface area contributed by atoms with E-state index in [1.807, 2.05) is 20.8 Å². The van der Waals surface area contributed by atoms with E-state index in [9.17, 15) is 18.0 Å². The lowest BCUT2D eigenvalue weighted by Gasteiger charge is -2.34. The Kier molecular flexibility index (Phi) is 12.2. The van der Waals surface area contributed by atoms with Crippen LogP contribution in [-0.4, -0.2) is 50.9 Å². The molecule has 2 atom stereocenters. The van der Waals surface area contributed by atoms with Gasteiger partial charge in [-0.2, -0.15) is 0 Å². The van der Waals surface area contributed by atoms with Crippen molar-refractivity contribution in [2.45, 2.75) is 64.1 Å². The van der Waals surface area contributed by atoms with Gasteiger partial charge in [-0.3, -0.25) is 13.9 Å². The van der Waals surface area contributed by atoms with Crippen molar-refractivity contribution in [2.75, 3.05) is 18.0 Å². The van der Waals surface area contributed by atoms with Gasteiger partial charge < -0.3 is 15.0 Å². The molecule has 3 rings (SSSR count). The maximum absolute atomic E-state index is 14.2. The molecule has 0 aliphatic heterocycles. The molecule has 0 spiro atoms. The van der Waals surface area contributed by atoms with E-state index in [4.69, 9.17) is 39.5 Å². The highest BCUT2D eigenvalue weighted by atomic mass is 35.5. The number of nitrogens with zero attached hydrogens (tertiary/aromatic N) is 2. The van der Waals surface area contributed by atoms with Gasteiger partial charge >= 0.3 is 0 Å². The summed E-state index contributed by atoms with van der Waals surface area (Å²) in [6, 6.07) is 14.7. The van der Waals surface area contributed by atoms with Gasteiger partial charge in [-0.1, -0.05) is 72.4 Å². The number of hydrogen-bond acceptors (Lipinski definition) is 5. The third kappa shape index (κ3) is 8.56. The number of sulfonamides is 1. The van der Waals surface area contributed by atoms with Gasteiger partial charge in [-0.15, -0.1) is 0 Å². The Morgan fingerprint density at radius 2 is 1.58 bits per heavy atom. The van der Waals surface area contributed by atoms with Crippen molar-refractivity contribution >= 4 is 62.3 Å². The molecule has 0 unspecified atom stereocenters. The fourth-order valence-electron chi connectivity index (χ4n) is 4.37. The first-order chi connectivity index (χ1) is 20.3. The molecule has 232 valence electrons. The second kappa shape index (κ2) is 15.1. The molecule has 0 fully saturated rings. The molecule has 0 aromatic heterocycles. The second-order valence-electron chi connectivity index (χ2n) is 10.2. The molecule has 0 saturated heterocycles. The largest absolute Gasteiger partial charge is 0.495 e. The summed E-state index contributed by atoms with van der Waals surface area (Å²) in [5.41, 5.74) is 1.66. The Labute approximate surface area is 268 Å². The van der Waals surface area contributed by atoms with Gasteiger partial charge in [-0.25, -0.2) is 8.42 Å². The Morgan fingerprint density at radius 3 is 2.14 bits per heavy atom. The number of aryl methyl sites for hydroxylation is 1. The zero-order chi connectivity index (χ0) is 31.9. The molecule has 1 N–H and O–H groups in total. The number of hydrogen-bond donors (Lipinski definition) is 1. The van der Waals surface area contributed by atoms with Crippen molar-refractivity contribution in [3.8, 4) is 5.75 Å². The van der Waals surface area contributed by atoms with E-state index in [-0.39, 0.29) is 40.5 Å². The third-order valence-electron chi connectivity index (χ3n) is 7.04. The minimum atomic E-state index is -4.25. The van der Waals surface area contributed by atoms with E-state index >= 15 is 0 Å². The lowest BCUT2D eigenvalue weighted by atomic mass is 10.1. The third-order valence-corrected chi connectivity index (χ3v) is 9.86. The first kappa shape index (κ1) is 34.5. The van der Waals surface area contributed by atoms with Crippen LogP contribution in [0.15, 0.2) is 65.6 Å². The summed E-state index contributed by atoms with van der Waals surface area (Å²) in [5, 5.41) is 3.75. The summed E-state index contributed by atoms with van der Waals surface area (Å²) < 4.78 is 34.3. The molecule has 0 bridgehead atoms. The highest BCUT2D eigenvalue weighted by Gasteiger charge is 2.34. The van der Waals surface area contributed by atoms with E-state index < -0.39 is 28.5 Å². The van der Waals surface area contributed by atoms with E-state index in [1.165, 1.54) is 42.3 Å². The van der Waals surface area contributed by atoms with Crippen LogP contribution in [0.5, 0.6) is 5.75 Å². The molecule has 12 heteroatoms. The number of halogens is 3. The molecule has 3 aromatic rings. The Balaban J connectivity index is 2.11. The number of carbonyl (C=O) groups excluding carboxylic acids is 2. The summed E-state index contributed by atoms with van der Waals surface area (Å²) in [5.74, 6) is -0.594. The fraction of sp³-hybridized carbons (Fsp3) is 0.355. The number of nitrogens with one attached hydrogen (secondary N) is 1. The van der Waals surface area contributed by atoms with Gasteiger partial charge in [0, 0.05) is 12.6 Å². The van der Waals surface area contributed by atoms with Crippen LogP contribution in [0.4, 0.5) is 5.69 Å². The van der Waals surface area contributed by atoms with Crippen LogP contribution >= 0.6 is 34.8 Å². The average molecular weight is 669 g/mol. The van der Waals surface area contributed by atoms with Crippen LogP contribution < -0.4 is 14.4 Å². The number of carbonyl (C=O) groups is 2. The van der Waals surface area contributed by atoms with Crippen LogP contribution in [0.1, 0.15) is 44.7 Å². The molecule has 0 aliphatic rings. The van der Waals surface area contributed by atoms with E-state index in [0.717, 1.165) is 9.87 Å². The number of amides is 2. The molecule has 3 aromatic carbocycles. The predicted octanol–water partition coefficient (Wildman–Crippen LogP) is 6.88. The van der Waals surface area contributed by atoms with Gasteiger partial charge in [0.05, 0.1) is 32.8 Å². The number of rotatable bonds is 13. The highest BCUT2D eigenvalue weighted by molar-refractivity contribution is 7.92. The molecule has 8 nitrogen and oxygen atoms in total. The van der Waals surface area contributed by atoms with Crippen molar-refractivity contribution in [3.63, 3.8) is 0 Å². The summed E-state index contributed by atoms with van der Waals surface area (Å²) in [6.45, 7) is 6.84. The highest BCUT2D eigenvalue weighted by Crippen LogP contribution is 2.32. The van der Waals surface area contributed by atoms with Crippen LogP contribution in [0.3, 0.4) is 0 Å². The molecule has 43 heavy (non-hydrogen) atoms. The van der Waals surface area contributed by atoms with Crippen LogP contribution in [0, 0.1) is 6.92 Å². The molecular weight excluding hydrogens is 633 g/mol. The fourth-order valence-corrected chi connectivity index (χ4v) is 6.35. The summed E-state index contributed by atoms with van der Waals surface area (Å²) in [7, 11) is -2.80. The Bertz CT molecular complexity index is 1550. The molecule has 0 radical (unpaired) electrons. The number of anilines is 1. The standard InChI is InChI=1S/C31H36Cl3N3O5S/c1-6-21(4)35-31(39)28(7-2)36(18-22-10-14-25(32)26(33)16-22)30(38)19-37(23-11-15-29(42-5)27(34)17-23)43(40,41)24-12-8-20(3)9-13-24/h8-17,21,28H,6-7,18-19H2,1-5H3,(H,35,39)/t21-,28+/m0/s1. The summed E-state index contributed by atoms with van der Waals surface area (Å²) in [6.07, 6.45) is 0.984. The van der Waals surface area contributed by atoms with Gasteiger partial charge in [0.25, 0.3) is 10.0 Å². The second-order valence-corrected chi connectivity index (χ2v) is 13.2. The summed E-state index contributed by atoms with van der Waals surface area (Å²) >= 11 is 18.8. The normalized spacial score (nSPS) is 12.7. The number of ether oxygens (including phenoxy) is 1. The Hall–Kier alpha value is -2.98. The lowest BCUT2D eigenvalue weighted by molar-refractivity contribution is -0.140. The zero-order valence-corrected chi connectivity index (χ0v) is 27.8. The van der Waals surface area contributed by atoms with Crippen LogP contribution in [0.2, 0.25) is 15.1 Å². The van der Waals surface area contributed by atoms with Crippen molar-refractivity contribution < 1.29 is 22.7 Å². The van der Waals surface area contributed by atoms with Crippen molar-refractivity contribution in [1.82, 2.24) is 10.2 Å².